The zero-order chi connectivity index (χ0) is 15.5. The van der Waals surface area contributed by atoms with Crippen LogP contribution in [0.5, 0.6) is 0 Å². The van der Waals surface area contributed by atoms with Gasteiger partial charge >= 0.3 is 6.18 Å². The Bertz CT molecular complexity index is 465. The highest BCUT2D eigenvalue weighted by atomic mass is 19.4. The largest absolute Gasteiger partial charge is 0.416 e. The molecule has 1 heterocycles. The SMILES string of the molecule is CN1CCC(CNCc2cc(F)cc(C(F)(F)F)c2)CC1. The Labute approximate surface area is 122 Å². The maximum absolute atomic E-state index is 13.2. The van der Waals surface area contributed by atoms with Crippen molar-refractivity contribution in [3.63, 3.8) is 0 Å². The number of benzene rings is 1. The number of halogens is 4. The van der Waals surface area contributed by atoms with Gasteiger partial charge in [-0.15, -0.1) is 0 Å². The van der Waals surface area contributed by atoms with E-state index in [1.165, 1.54) is 0 Å². The fourth-order valence-corrected chi connectivity index (χ4v) is 2.60. The van der Waals surface area contributed by atoms with Crippen LogP contribution in [0.25, 0.3) is 0 Å². The van der Waals surface area contributed by atoms with Gasteiger partial charge in [0.25, 0.3) is 0 Å². The van der Waals surface area contributed by atoms with Gasteiger partial charge in [0, 0.05) is 6.54 Å². The molecule has 2 nitrogen and oxygen atoms in total. The minimum Gasteiger partial charge on any atom is -0.312 e. The molecule has 0 radical (unpaired) electrons. The van der Waals surface area contributed by atoms with E-state index in [2.05, 4.69) is 17.3 Å². The van der Waals surface area contributed by atoms with E-state index in [0.29, 0.717) is 17.5 Å². The minimum atomic E-state index is -4.51. The van der Waals surface area contributed by atoms with Gasteiger partial charge in [0.1, 0.15) is 5.82 Å². The molecule has 21 heavy (non-hydrogen) atoms. The Hall–Kier alpha value is -1.14. The van der Waals surface area contributed by atoms with E-state index in [1.807, 2.05) is 0 Å². The first-order valence-electron chi connectivity index (χ1n) is 7.10. The molecule has 1 aliphatic rings. The van der Waals surface area contributed by atoms with Crippen molar-refractivity contribution in [2.75, 3.05) is 26.7 Å². The molecular weight excluding hydrogens is 284 g/mol. The second-order valence-electron chi connectivity index (χ2n) is 5.72. The molecule has 118 valence electrons. The third kappa shape index (κ3) is 4.97. The maximum Gasteiger partial charge on any atom is 0.416 e. The Kier molecular flexibility index (Phi) is 5.22. The third-order valence-corrected chi connectivity index (χ3v) is 3.89. The molecule has 1 aliphatic heterocycles. The summed E-state index contributed by atoms with van der Waals surface area (Å²) in [5.74, 6) is -0.308. The Balaban J connectivity index is 1.87. The van der Waals surface area contributed by atoms with Gasteiger partial charge in [-0.3, -0.25) is 0 Å². The molecule has 1 saturated heterocycles. The standard InChI is InChI=1S/C15H20F4N2/c1-21-4-2-11(3-5-21)9-20-10-12-6-13(15(17,18)19)8-14(16)7-12/h6-8,11,20H,2-5,9-10H2,1H3. The number of likely N-dealkylation sites (tertiary alicyclic amines) is 1. The quantitative estimate of drug-likeness (QED) is 0.859. The number of hydrogen-bond acceptors (Lipinski definition) is 2. The molecule has 1 N–H and O–H groups in total. The predicted octanol–water partition coefficient (Wildman–Crippen LogP) is 3.28. The maximum atomic E-state index is 13.2. The first kappa shape index (κ1) is 16.2. The number of piperidine rings is 1. The van der Waals surface area contributed by atoms with Crippen LogP contribution in [0.1, 0.15) is 24.0 Å². The van der Waals surface area contributed by atoms with E-state index < -0.39 is 17.6 Å². The summed E-state index contributed by atoms with van der Waals surface area (Å²) >= 11 is 0. The molecule has 0 atom stereocenters. The lowest BCUT2D eigenvalue weighted by Gasteiger charge is -2.29. The molecule has 0 amide bonds. The van der Waals surface area contributed by atoms with Crippen LogP contribution in [0.3, 0.4) is 0 Å². The van der Waals surface area contributed by atoms with Crippen molar-refractivity contribution in [1.82, 2.24) is 10.2 Å². The van der Waals surface area contributed by atoms with Crippen LogP contribution in [0, 0.1) is 11.7 Å². The molecule has 2 rings (SSSR count). The number of nitrogens with zero attached hydrogens (tertiary/aromatic N) is 1. The van der Waals surface area contributed by atoms with Gasteiger partial charge in [0.05, 0.1) is 5.56 Å². The smallest absolute Gasteiger partial charge is 0.312 e. The van der Waals surface area contributed by atoms with E-state index >= 15 is 0 Å². The minimum absolute atomic E-state index is 0.257. The molecule has 0 aliphatic carbocycles. The van der Waals surface area contributed by atoms with Crippen molar-refractivity contribution in [2.24, 2.45) is 5.92 Å². The van der Waals surface area contributed by atoms with Gasteiger partial charge in [-0.25, -0.2) is 4.39 Å². The highest BCUT2D eigenvalue weighted by molar-refractivity contribution is 5.26. The first-order valence-corrected chi connectivity index (χ1v) is 7.10. The van der Waals surface area contributed by atoms with Crippen LogP contribution >= 0.6 is 0 Å². The van der Waals surface area contributed by atoms with Gasteiger partial charge in [-0.2, -0.15) is 13.2 Å². The monoisotopic (exact) mass is 304 g/mol. The number of alkyl halides is 3. The van der Waals surface area contributed by atoms with Crippen LogP contribution < -0.4 is 5.32 Å². The van der Waals surface area contributed by atoms with Crippen molar-refractivity contribution >= 4 is 0 Å². The molecule has 0 spiro atoms. The molecule has 0 saturated carbocycles. The van der Waals surface area contributed by atoms with E-state index in [0.717, 1.165) is 44.6 Å². The highest BCUT2D eigenvalue weighted by Gasteiger charge is 2.31. The molecule has 0 bridgehead atoms. The Morgan fingerprint density at radius 2 is 1.86 bits per heavy atom. The number of hydrogen-bond donors (Lipinski definition) is 1. The van der Waals surface area contributed by atoms with Gasteiger partial charge in [0.2, 0.25) is 0 Å². The first-order chi connectivity index (χ1) is 9.84. The van der Waals surface area contributed by atoms with Crippen molar-refractivity contribution in [3.05, 3.63) is 35.1 Å². The van der Waals surface area contributed by atoms with Gasteiger partial charge < -0.3 is 10.2 Å². The van der Waals surface area contributed by atoms with E-state index in [9.17, 15) is 17.6 Å². The van der Waals surface area contributed by atoms with Gasteiger partial charge in [-0.05, 0) is 69.2 Å². The number of rotatable bonds is 4. The zero-order valence-corrected chi connectivity index (χ0v) is 12.0. The summed E-state index contributed by atoms with van der Waals surface area (Å²) in [6, 6.07) is 2.68. The second-order valence-corrected chi connectivity index (χ2v) is 5.72. The van der Waals surface area contributed by atoms with Crippen LogP contribution in [0.2, 0.25) is 0 Å². The summed E-state index contributed by atoms with van der Waals surface area (Å²) in [7, 11) is 2.08. The van der Waals surface area contributed by atoms with Gasteiger partial charge in [0.15, 0.2) is 0 Å². The predicted molar refractivity (Wildman–Crippen MR) is 73.3 cm³/mol. The molecule has 1 aromatic rings. The lowest BCUT2D eigenvalue weighted by atomic mass is 9.97. The number of nitrogens with one attached hydrogen (secondary N) is 1. The normalized spacial score (nSPS) is 18.1. The van der Waals surface area contributed by atoms with Crippen LogP contribution in [0.4, 0.5) is 17.6 Å². The van der Waals surface area contributed by atoms with Crippen LogP contribution in [0.15, 0.2) is 18.2 Å². The Morgan fingerprint density at radius 3 is 2.48 bits per heavy atom. The summed E-state index contributed by atoms with van der Waals surface area (Å²) in [5.41, 5.74) is -0.603. The van der Waals surface area contributed by atoms with E-state index in [4.69, 9.17) is 0 Å². The van der Waals surface area contributed by atoms with Crippen molar-refractivity contribution < 1.29 is 17.6 Å². The summed E-state index contributed by atoms with van der Waals surface area (Å²) in [5, 5.41) is 3.14. The molecule has 1 fully saturated rings. The zero-order valence-electron chi connectivity index (χ0n) is 12.0. The molecule has 1 aromatic carbocycles. The van der Waals surface area contributed by atoms with Crippen molar-refractivity contribution in [1.29, 1.82) is 0 Å². The fraction of sp³-hybridized carbons (Fsp3) is 0.600. The third-order valence-electron chi connectivity index (χ3n) is 3.89. The lowest BCUT2D eigenvalue weighted by Crippen LogP contribution is -2.34. The lowest BCUT2D eigenvalue weighted by molar-refractivity contribution is -0.137. The topological polar surface area (TPSA) is 15.3 Å². The summed E-state index contributed by atoms with van der Waals surface area (Å²) in [6.45, 7) is 3.11. The fourth-order valence-electron chi connectivity index (χ4n) is 2.60. The van der Waals surface area contributed by atoms with E-state index in [1.54, 1.807) is 0 Å². The molecule has 0 aromatic heterocycles. The summed E-state index contributed by atoms with van der Waals surface area (Å²) in [4.78, 5) is 2.26. The summed E-state index contributed by atoms with van der Waals surface area (Å²) < 4.78 is 51.1. The second kappa shape index (κ2) is 6.75. The van der Waals surface area contributed by atoms with Crippen LogP contribution in [-0.2, 0) is 12.7 Å². The van der Waals surface area contributed by atoms with E-state index in [-0.39, 0.29) is 6.54 Å². The molecule has 0 unspecified atom stereocenters. The van der Waals surface area contributed by atoms with Crippen LogP contribution in [-0.4, -0.2) is 31.6 Å². The van der Waals surface area contributed by atoms with Gasteiger partial charge in [-0.1, -0.05) is 0 Å². The van der Waals surface area contributed by atoms with Crippen molar-refractivity contribution in [2.45, 2.75) is 25.6 Å². The van der Waals surface area contributed by atoms with Crippen molar-refractivity contribution in [3.8, 4) is 0 Å². The Morgan fingerprint density at radius 1 is 1.19 bits per heavy atom. The average molecular weight is 304 g/mol. The summed E-state index contributed by atoms with van der Waals surface area (Å²) in [6.07, 6.45) is -2.34. The average Bonchev–Trinajstić information content (AvgIpc) is 2.39. The molecular formula is C15H20F4N2. The molecule has 6 heteroatoms. The highest BCUT2D eigenvalue weighted by Crippen LogP contribution is 2.30.